The number of benzene rings is 1. The number of fused-ring (bicyclic) bond motifs is 1. The Labute approximate surface area is 136 Å². The van der Waals surface area contributed by atoms with Gasteiger partial charge in [-0.05, 0) is 30.0 Å². The first-order valence-electron chi connectivity index (χ1n) is 8.01. The van der Waals surface area contributed by atoms with Gasteiger partial charge in [0.05, 0.1) is 6.61 Å². The van der Waals surface area contributed by atoms with E-state index < -0.39 is 0 Å². The first kappa shape index (κ1) is 15.3. The van der Waals surface area contributed by atoms with Crippen LogP contribution < -0.4 is 10.1 Å². The van der Waals surface area contributed by atoms with Crippen LogP contribution in [0.4, 0.5) is 0 Å². The molecule has 3 rings (SSSR count). The van der Waals surface area contributed by atoms with E-state index in [1.807, 2.05) is 0 Å². The van der Waals surface area contributed by atoms with Gasteiger partial charge in [-0.15, -0.1) is 0 Å². The minimum absolute atomic E-state index is 0.625. The summed E-state index contributed by atoms with van der Waals surface area (Å²) in [6.07, 6.45) is 2.29. The topological polar surface area (TPSA) is 24.5 Å². The zero-order valence-corrected chi connectivity index (χ0v) is 14.6. The van der Waals surface area contributed by atoms with Gasteiger partial charge in [-0.1, -0.05) is 29.8 Å². The van der Waals surface area contributed by atoms with Gasteiger partial charge in [0.2, 0.25) is 0 Å². The number of rotatable bonds is 4. The number of hydrogen-bond acceptors (Lipinski definition) is 3. The summed E-state index contributed by atoms with van der Waals surface area (Å²) in [6.45, 7) is 9.78. The molecular formula is C17H25BrN2O. The Balaban J connectivity index is 1.69. The van der Waals surface area contributed by atoms with Crippen LogP contribution in [-0.4, -0.2) is 37.2 Å². The number of nitrogens with one attached hydrogen (secondary N) is 1. The molecule has 1 N–H and O–H groups in total. The first-order valence-corrected chi connectivity index (χ1v) is 8.81. The second kappa shape index (κ2) is 6.67. The lowest BCUT2D eigenvalue weighted by Gasteiger charge is -2.34. The lowest BCUT2D eigenvalue weighted by Crippen LogP contribution is -2.50. The maximum Gasteiger partial charge on any atom is 0.127 e. The molecule has 2 aliphatic rings. The second-order valence-electron chi connectivity index (χ2n) is 6.67. The van der Waals surface area contributed by atoms with Gasteiger partial charge in [0.15, 0.2) is 0 Å². The van der Waals surface area contributed by atoms with Crippen LogP contribution in [0.1, 0.15) is 31.4 Å². The predicted octanol–water partition coefficient (Wildman–Crippen LogP) is 3.20. The van der Waals surface area contributed by atoms with Crippen LogP contribution in [0.3, 0.4) is 0 Å². The summed E-state index contributed by atoms with van der Waals surface area (Å²) >= 11 is 3.64. The third kappa shape index (κ3) is 3.79. The lowest BCUT2D eigenvalue weighted by atomic mass is 10.0. The molecule has 1 unspecified atom stereocenters. The van der Waals surface area contributed by atoms with Crippen LogP contribution in [0.25, 0.3) is 0 Å². The standard InChI is InChI=1S/C17H25BrN2O/c1-12(2)7-16-11-20(5-4-19-16)10-14-9-15(18)8-13-3-6-21-17(13)14/h8-9,12,16,19H,3-7,10-11H2,1-2H3. The van der Waals surface area contributed by atoms with Crippen LogP contribution in [0, 0.1) is 5.92 Å². The normalized spacial score (nSPS) is 22.4. The average Bonchev–Trinajstić information content (AvgIpc) is 2.86. The van der Waals surface area contributed by atoms with Crippen LogP contribution >= 0.6 is 15.9 Å². The number of hydrogen-bond donors (Lipinski definition) is 1. The van der Waals surface area contributed by atoms with Crippen molar-refractivity contribution in [1.82, 2.24) is 10.2 Å². The molecule has 0 amide bonds. The summed E-state index contributed by atoms with van der Waals surface area (Å²) in [5.41, 5.74) is 2.69. The van der Waals surface area contributed by atoms with Crippen LogP contribution in [-0.2, 0) is 13.0 Å². The van der Waals surface area contributed by atoms with Crippen LogP contribution in [0.2, 0.25) is 0 Å². The average molecular weight is 353 g/mol. The van der Waals surface area contributed by atoms with Gasteiger partial charge in [-0.2, -0.15) is 0 Å². The number of piperazine rings is 1. The monoisotopic (exact) mass is 352 g/mol. The molecule has 2 heterocycles. The number of ether oxygens (including phenoxy) is 1. The summed E-state index contributed by atoms with van der Waals surface area (Å²) in [7, 11) is 0. The quantitative estimate of drug-likeness (QED) is 0.900. The van der Waals surface area contributed by atoms with Gasteiger partial charge in [0, 0.05) is 48.7 Å². The minimum Gasteiger partial charge on any atom is -0.493 e. The van der Waals surface area contributed by atoms with Crippen molar-refractivity contribution in [2.45, 2.75) is 39.3 Å². The molecule has 3 nitrogen and oxygen atoms in total. The highest BCUT2D eigenvalue weighted by Crippen LogP contribution is 2.33. The highest BCUT2D eigenvalue weighted by Gasteiger charge is 2.23. The van der Waals surface area contributed by atoms with E-state index in [0.717, 1.165) is 50.9 Å². The molecule has 4 heteroatoms. The molecule has 0 aromatic heterocycles. The van der Waals surface area contributed by atoms with Gasteiger partial charge in [0.1, 0.15) is 5.75 Å². The highest BCUT2D eigenvalue weighted by molar-refractivity contribution is 9.10. The SMILES string of the molecule is CC(C)CC1CN(Cc2cc(Br)cc3c2OCC3)CCN1. The Hall–Kier alpha value is -0.580. The van der Waals surface area contributed by atoms with Gasteiger partial charge in [-0.3, -0.25) is 4.90 Å². The molecule has 0 saturated carbocycles. The summed E-state index contributed by atoms with van der Waals surface area (Å²) < 4.78 is 7.03. The van der Waals surface area contributed by atoms with E-state index in [0.29, 0.717) is 6.04 Å². The fourth-order valence-electron chi connectivity index (χ4n) is 3.47. The molecule has 1 aromatic carbocycles. The zero-order chi connectivity index (χ0) is 14.8. The Morgan fingerprint density at radius 2 is 2.29 bits per heavy atom. The van der Waals surface area contributed by atoms with Crippen molar-refractivity contribution in [3.05, 3.63) is 27.7 Å². The molecule has 0 bridgehead atoms. The largest absolute Gasteiger partial charge is 0.493 e. The highest BCUT2D eigenvalue weighted by atomic mass is 79.9. The lowest BCUT2D eigenvalue weighted by molar-refractivity contribution is 0.178. The molecular weight excluding hydrogens is 328 g/mol. The smallest absolute Gasteiger partial charge is 0.127 e. The summed E-state index contributed by atoms with van der Waals surface area (Å²) in [5, 5.41) is 3.65. The van der Waals surface area contributed by atoms with Crippen molar-refractivity contribution in [3.8, 4) is 5.75 Å². The second-order valence-corrected chi connectivity index (χ2v) is 7.58. The fraction of sp³-hybridized carbons (Fsp3) is 0.647. The molecule has 1 atom stereocenters. The molecule has 1 fully saturated rings. The number of nitrogens with zero attached hydrogens (tertiary/aromatic N) is 1. The van der Waals surface area contributed by atoms with Crippen molar-refractivity contribution >= 4 is 15.9 Å². The van der Waals surface area contributed by atoms with Gasteiger partial charge >= 0.3 is 0 Å². The molecule has 0 radical (unpaired) electrons. The molecule has 1 saturated heterocycles. The molecule has 0 spiro atoms. The maximum atomic E-state index is 5.85. The van der Waals surface area contributed by atoms with E-state index in [9.17, 15) is 0 Å². The maximum absolute atomic E-state index is 5.85. The third-order valence-electron chi connectivity index (χ3n) is 4.31. The molecule has 116 valence electrons. The van der Waals surface area contributed by atoms with E-state index in [1.54, 1.807) is 0 Å². The molecule has 21 heavy (non-hydrogen) atoms. The van der Waals surface area contributed by atoms with Crippen molar-refractivity contribution < 1.29 is 4.74 Å². The van der Waals surface area contributed by atoms with E-state index in [-0.39, 0.29) is 0 Å². The minimum atomic E-state index is 0.625. The van der Waals surface area contributed by atoms with Crippen molar-refractivity contribution in [1.29, 1.82) is 0 Å². The Morgan fingerprint density at radius 1 is 1.43 bits per heavy atom. The van der Waals surface area contributed by atoms with Crippen LogP contribution in [0.15, 0.2) is 16.6 Å². The summed E-state index contributed by atoms with van der Waals surface area (Å²) in [4.78, 5) is 2.56. The Morgan fingerprint density at radius 3 is 3.10 bits per heavy atom. The van der Waals surface area contributed by atoms with Crippen molar-refractivity contribution in [2.75, 3.05) is 26.2 Å². The van der Waals surface area contributed by atoms with Crippen LogP contribution in [0.5, 0.6) is 5.75 Å². The zero-order valence-electron chi connectivity index (χ0n) is 13.0. The summed E-state index contributed by atoms with van der Waals surface area (Å²) in [5.74, 6) is 1.89. The van der Waals surface area contributed by atoms with Crippen molar-refractivity contribution in [2.24, 2.45) is 5.92 Å². The molecule has 0 aliphatic carbocycles. The van der Waals surface area contributed by atoms with E-state index in [2.05, 4.69) is 52.1 Å². The molecule has 2 aliphatic heterocycles. The van der Waals surface area contributed by atoms with Gasteiger partial charge < -0.3 is 10.1 Å². The number of halogens is 1. The van der Waals surface area contributed by atoms with E-state index in [1.165, 1.54) is 22.0 Å². The first-order chi connectivity index (χ1) is 10.1. The van der Waals surface area contributed by atoms with E-state index >= 15 is 0 Å². The summed E-state index contributed by atoms with van der Waals surface area (Å²) in [6, 6.07) is 5.05. The molecule has 1 aromatic rings. The Kier molecular flexibility index (Phi) is 4.87. The van der Waals surface area contributed by atoms with Gasteiger partial charge in [-0.25, -0.2) is 0 Å². The van der Waals surface area contributed by atoms with Crippen molar-refractivity contribution in [3.63, 3.8) is 0 Å². The van der Waals surface area contributed by atoms with Gasteiger partial charge in [0.25, 0.3) is 0 Å². The predicted molar refractivity (Wildman–Crippen MR) is 89.9 cm³/mol. The fourth-order valence-corrected chi connectivity index (χ4v) is 4.02. The third-order valence-corrected chi connectivity index (χ3v) is 4.77. The van der Waals surface area contributed by atoms with E-state index in [4.69, 9.17) is 4.74 Å². The Bertz CT molecular complexity index is 504.